The summed E-state index contributed by atoms with van der Waals surface area (Å²) in [5, 5.41) is 9.70. The van der Waals surface area contributed by atoms with E-state index in [-0.39, 0.29) is 18.1 Å². The van der Waals surface area contributed by atoms with Crippen molar-refractivity contribution in [1.29, 1.82) is 5.26 Å². The Balaban J connectivity index is 2.35. The van der Waals surface area contributed by atoms with E-state index in [0.717, 1.165) is 25.2 Å². The van der Waals surface area contributed by atoms with Gasteiger partial charge in [-0.25, -0.2) is 4.79 Å². The van der Waals surface area contributed by atoms with Crippen LogP contribution < -0.4 is 5.73 Å². The number of nitrogens with zero attached hydrogens (tertiary/aromatic N) is 2. The molecule has 1 aromatic rings. The van der Waals surface area contributed by atoms with Gasteiger partial charge in [0.2, 0.25) is 5.88 Å². The molecule has 0 amide bonds. The monoisotopic (exact) mass is 425 g/mol. The van der Waals surface area contributed by atoms with Gasteiger partial charge in [0.25, 0.3) is 0 Å². The van der Waals surface area contributed by atoms with Gasteiger partial charge in [0.05, 0.1) is 18.1 Å². The van der Waals surface area contributed by atoms with E-state index in [1.807, 2.05) is 12.1 Å². The number of benzene rings is 1. The summed E-state index contributed by atoms with van der Waals surface area (Å²) < 4.78 is 10.7. The molecule has 6 heteroatoms. The zero-order chi connectivity index (χ0) is 23.1. The normalized spacial score (nSPS) is 16.7. The van der Waals surface area contributed by atoms with Crippen LogP contribution in [0.5, 0.6) is 0 Å². The van der Waals surface area contributed by atoms with Crippen LogP contribution in [0.3, 0.4) is 0 Å². The first-order valence-electron chi connectivity index (χ1n) is 10.9. The number of carbonyl (C=O) groups is 1. The summed E-state index contributed by atoms with van der Waals surface area (Å²) in [6, 6.07) is 10.2. The van der Waals surface area contributed by atoms with Gasteiger partial charge in [-0.3, -0.25) is 4.90 Å². The Hall–Kier alpha value is -2.78. The van der Waals surface area contributed by atoms with Gasteiger partial charge < -0.3 is 15.2 Å². The predicted molar refractivity (Wildman–Crippen MR) is 121 cm³/mol. The lowest BCUT2D eigenvalue weighted by atomic mass is 9.83. The summed E-state index contributed by atoms with van der Waals surface area (Å²) in [6.07, 6.45) is 0. The van der Waals surface area contributed by atoms with E-state index < -0.39 is 11.9 Å². The number of nitrogens with two attached hydrogens (primary N) is 1. The van der Waals surface area contributed by atoms with E-state index >= 15 is 0 Å². The van der Waals surface area contributed by atoms with Crippen LogP contribution in [0.25, 0.3) is 0 Å². The van der Waals surface area contributed by atoms with Crippen LogP contribution in [0.15, 0.2) is 47.1 Å². The summed E-state index contributed by atoms with van der Waals surface area (Å²) >= 11 is 0. The largest absolute Gasteiger partial charge is 0.463 e. The Morgan fingerprint density at radius 3 is 2.26 bits per heavy atom. The number of nitriles is 1. The Morgan fingerprint density at radius 2 is 1.77 bits per heavy atom. The van der Waals surface area contributed by atoms with Crippen molar-refractivity contribution < 1.29 is 14.3 Å². The third-order valence-electron chi connectivity index (χ3n) is 5.07. The number of hydrogen-bond acceptors (Lipinski definition) is 6. The third kappa shape index (κ3) is 6.35. The minimum atomic E-state index is -0.603. The quantitative estimate of drug-likeness (QED) is 0.588. The zero-order valence-electron chi connectivity index (χ0n) is 19.6. The Bertz CT molecular complexity index is 866. The van der Waals surface area contributed by atoms with Crippen LogP contribution in [0, 0.1) is 23.2 Å². The molecule has 0 saturated heterocycles. The number of rotatable bonds is 9. The van der Waals surface area contributed by atoms with Gasteiger partial charge in [0.15, 0.2) is 0 Å². The van der Waals surface area contributed by atoms with E-state index in [1.54, 1.807) is 13.8 Å². The van der Waals surface area contributed by atoms with Crippen molar-refractivity contribution in [3.05, 3.63) is 58.2 Å². The van der Waals surface area contributed by atoms with E-state index in [9.17, 15) is 10.1 Å². The highest BCUT2D eigenvalue weighted by atomic mass is 16.5. The molecule has 2 rings (SSSR count). The van der Waals surface area contributed by atoms with Gasteiger partial charge in [0.1, 0.15) is 17.4 Å². The molecule has 0 fully saturated rings. The summed E-state index contributed by atoms with van der Waals surface area (Å²) in [5.74, 6) is 0.480. The molecule has 1 aliphatic heterocycles. The fourth-order valence-electron chi connectivity index (χ4n) is 4.00. The van der Waals surface area contributed by atoms with Crippen LogP contribution >= 0.6 is 0 Å². The van der Waals surface area contributed by atoms with Crippen molar-refractivity contribution in [3.8, 4) is 6.07 Å². The van der Waals surface area contributed by atoms with Crippen LogP contribution in [0.1, 0.15) is 58.6 Å². The summed E-state index contributed by atoms with van der Waals surface area (Å²) in [5.41, 5.74) is 8.52. The van der Waals surface area contributed by atoms with Gasteiger partial charge in [-0.05, 0) is 36.8 Å². The molecule has 0 aliphatic carbocycles. The molecule has 0 radical (unpaired) electrons. The highest BCUT2D eigenvalue weighted by Crippen LogP contribution is 2.39. The number of ether oxygens (including phenoxy) is 2. The molecular formula is C25H35N3O3. The Kier molecular flexibility index (Phi) is 8.70. The minimum absolute atomic E-state index is 0.0298. The molecule has 2 N–H and O–H groups in total. The average molecular weight is 426 g/mol. The average Bonchev–Trinajstić information content (AvgIpc) is 2.67. The molecule has 0 aromatic heterocycles. The van der Waals surface area contributed by atoms with Gasteiger partial charge in [0, 0.05) is 19.6 Å². The second-order valence-electron chi connectivity index (χ2n) is 8.84. The van der Waals surface area contributed by atoms with Gasteiger partial charge in [-0.1, -0.05) is 52.0 Å². The SMILES string of the molecule is CCOC(=O)C1=C(C)OC(N)=C(C#N)C1c1ccc(CN(CC(C)C)CC(C)C)cc1. The smallest absolute Gasteiger partial charge is 0.338 e. The number of carbonyl (C=O) groups excluding carboxylic acids is 1. The standard InChI is InChI=1S/C25H35N3O3/c1-7-30-25(29)22-18(6)31-24(27)21(12-26)23(22)20-10-8-19(9-11-20)15-28(13-16(2)3)14-17(4)5/h8-11,16-17,23H,7,13-15,27H2,1-6H3. The molecule has 1 heterocycles. The number of esters is 1. The Morgan fingerprint density at radius 1 is 1.19 bits per heavy atom. The van der Waals surface area contributed by atoms with E-state index in [2.05, 4.69) is 50.8 Å². The molecule has 0 bridgehead atoms. The van der Waals surface area contributed by atoms with E-state index in [0.29, 0.717) is 23.2 Å². The lowest BCUT2D eigenvalue weighted by Crippen LogP contribution is -2.31. The van der Waals surface area contributed by atoms with Crippen LogP contribution in [-0.4, -0.2) is 30.6 Å². The highest BCUT2D eigenvalue weighted by Gasteiger charge is 2.36. The molecule has 0 spiro atoms. The first-order valence-corrected chi connectivity index (χ1v) is 10.9. The second kappa shape index (κ2) is 11.0. The molecule has 0 saturated carbocycles. The van der Waals surface area contributed by atoms with E-state index in [1.165, 1.54) is 5.56 Å². The molecule has 6 nitrogen and oxygen atoms in total. The maximum atomic E-state index is 12.6. The molecule has 1 aliphatic rings. The molecular weight excluding hydrogens is 390 g/mol. The fraction of sp³-hybridized carbons (Fsp3) is 0.520. The van der Waals surface area contributed by atoms with Crippen LogP contribution in [0.4, 0.5) is 0 Å². The van der Waals surface area contributed by atoms with Crippen molar-refractivity contribution in [2.45, 2.75) is 54.0 Å². The van der Waals surface area contributed by atoms with Gasteiger partial charge >= 0.3 is 5.97 Å². The molecule has 168 valence electrons. The molecule has 1 atom stereocenters. The van der Waals surface area contributed by atoms with Crippen molar-refractivity contribution in [2.75, 3.05) is 19.7 Å². The maximum absolute atomic E-state index is 12.6. The summed E-state index contributed by atoms with van der Waals surface area (Å²) in [6.45, 7) is 15.5. The third-order valence-corrected chi connectivity index (χ3v) is 5.07. The lowest BCUT2D eigenvalue weighted by molar-refractivity contribution is -0.139. The summed E-state index contributed by atoms with van der Waals surface area (Å²) in [4.78, 5) is 15.1. The number of hydrogen-bond donors (Lipinski definition) is 1. The van der Waals surface area contributed by atoms with Crippen LogP contribution in [-0.2, 0) is 20.8 Å². The summed E-state index contributed by atoms with van der Waals surface area (Å²) in [7, 11) is 0. The van der Waals surface area contributed by atoms with Crippen molar-refractivity contribution >= 4 is 5.97 Å². The topological polar surface area (TPSA) is 88.6 Å². The first kappa shape index (κ1) is 24.5. The minimum Gasteiger partial charge on any atom is -0.463 e. The van der Waals surface area contributed by atoms with Gasteiger partial charge in [-0.15, -0.1) is 0 Å². The van der Waals surface area contributed by atoms with Gasteiger partial charge in [-0.2, -0.15) is 5.26 Å². The fourth-order valence-corrected chi connectivity index (χ4v) is 4.00. The molecule has 1 aromatic carbocycles. The van der Waals surface area contributed by atoms with Crippen molar-refractivity contribution in [1.82, 2.24) is 4.90 Å². The zero-order valence-corrected chi connectivity index (χ0v) is 19.6. The molecule has 1 unspecified atom stereocenters. The predicted octanol–water partition coefficient (Wildman–Crippen LogP) is 4.45. The lowest BCUT2D eigenvalue weighted by Gasteiger charge is -2.28. The first-order chi connectivity index (χ1) is 14.7. The van der Waals surface area contributed by atoms with Crippen molar-refractivity contribution in [3.63, 3.8) is 0 Å². The Labute approximate surface area is 186 Å². The second-order valence-corrected chi connectivity index (χ2v) is 8.84. The van der Waals surface area contributed by atoms with Crippen molar-refractivity contribution in [2.24, 2.45) is 17.6 Å². The number of allylic oxidation sites excluding steroid dienone is 2. The highest BCUT2D eigenvalue weighted by molar-refractivity contribution is 5.92. The molecule has 31 heavy (non-hydrogen) atoms. The van der Waals surface area contributed by atoms with E-state index in [4.69, 9.17) is 15.2 Å². The van der Waals surface area contributed by atoms with Crippen LogP contribution in [0.2, 0.25) is 0 Å². The maximum Gasteiger partial charge on any atom is 0.338 e.